The summed E-state index contributed by atoms with van der Waals surface area (Å²) in [6.07, 6.45) is -3.36. The number of carbonyl (C=O) groups excluding carboxylic acids is 1. The number of rotatable bonds is 6. The van der Waals surface area contributed by atoms with Gasteiger partial charge >= 0.3 is 6.18 Å². The van der Waals surface area contributed by atoms with E-state index >= 15 is 0 Å². The van der Waals surface area contributed by atoms with Crippen molar-refractivity contribution in [1.82, 2.24) is 0 Å². The van der Waals surface area contributed by atoms with Crippen molar-refractivity contribution in [1.29, 1.82) is 0 Å². The number of benzene rings is 2. The number of para-hydroxylation sites is 1. The predicted octanol–water partition coefficient (Wildman–Crippen LogP) is 3.88. The van der Waals surface area contributed by atoms with Gasteiger partial charge in [-0.25, -0.2) is 0 Å². The third kappa shape index (κ3) is 4.98. The predicted molar refractivity (Wildman–Crippen MR) is 91.1 cm³/mol. The maximum Gasteiger partial charge on any atom is 0.416 e. The third-order valence-electron chi connectivity index (χ3n) is 3.53. The van der Waals surface area contributed by atoms with Gasteiger partial charge in [0, 0.05) is 12.6 Å². The standard InChI is InChI=1S/C18H17F3N2O3/c1-23(17(24)11-22-25-2)16-6-4-3-5-13(16)12-26-15-9-7-14(8-10-15)18(19,20)21/h3-11H,12H2,1-2H3. The molecule has 0 heterocycles. The molecule has 5 nitrogen and oxygen atoms in total. The second-order valence-electron chi connectivity index (χ2n) is 5.25. The van der Waals surface area contributed by atoms with Crippen LogP contribution in [0.3, 0.4) is 0 Å². The number of ether oxygens (including phenoxy) is 1. The highest BCUT2D eigenvalue weighted by atomic mass is 19.4. The molecule has 0 aliphatic heterocycles. The van der Waals surface area contributed by atoms with Crippen molar-refractivity contribution in [2.45, 2.75) is 12.8 Å². The van der Waals surface area contributed by atoms with Gasteiger partial charge in [0.25, 0.3) is 5.91 Å². The maximum absolute atomic E-state index is 12.6. The smallest absolute Gasteiger partial charge is 0.416 e. The summed E-state index contributed by atoms with van der Waals surface area (Å²) in [5.74, 6) is -0.100. The summed E-state index contributed by atoms with van der Waals surface area (Å²) in [5.41, 5.74) is 0.536. The highest BCUT2D eigenvalue weighted by Crippen LogP contribution is 2.30. The van der Waals surface area contributed by atoms with E-state index in [1.807, 2.05) is 0 Å². The van der Waals surface area contributed by atoms with Crippen LogP contribution in [0.5, 0.6) is 5.75 Å². The molecule has 1 amide bonds. The Morgan fingerprint density at radius 1 is 1.15 bits per heavy atom. The van der Waals surface area contributed by atoms with E-state index in [2.05, 4.69) is 9.99 Å². The Balaban J connectivity index is 2.11. The molecule has 138 valence electrons. The Morgan fingerprint density at radius 3 is 2.42 bits per heavy atom. The molecular weight excluding hydrogens is 349 g/mol. The van der Waals surface area contributed by atoms with E-state index in [9.17, 15) is 18.0 Å². The zero-order chi connectivity index (χ0) is 19.2. The van der Waals surface area contributed by atoms with Gasteiger partial charge in [-0.05, 0) is 30.3 Å². The second-order valence-corrected chi connectivity index (χ2v) is 5.25. The summed E-state index contributed by atoms with van der Waals surface area (Å²) < 4.78 is 43.3. The van der Waals surface area contributed by atoms with Crippen LogP contribution in [-0.2, 0) is 22.4 Å². The molecule has 0 radical (unpaired) electrons. The van der Waals surface area contributed by atoms with Crippen LogP contribution >= 0.6 is 0 Å². The van der Waals surface area contributed by atoms with Crippen molar-refractivity contribution in [3.8, 4) is 5.75 Å². The van der Waals surface area contributed by atoms with E-state index in [4.69, 9.17) is 4.74 Å². The lowest BCUT2D eigenvalue weighted by Crippen LogP contribution is -2.28. The van der Waals surface area contributed by atoms with Gasteiger partial charge in [-0.2, -0.15) is 13.2 Å². The monoisotopic (exact) mass is 366 g/mol. The van der Waals surface area contributed by atoms with Gasteiger partial charge < -0.3 is 14.5 Å². The summed E-state index contributed by atoms with van der Waals surface area (Å²) in [6, 6.07) is 11.4. The van der Waals surface area contributed by atoms with Gasteiger partial charge in [-0.3, -0.25) is 4.79 Å². The van der Waals surface area contributed by atoms with Crippen molar-refractivity contribution in [2.24, 2.45) is 5.16 Å². The molecular formula is C18H17F3N2O3. The Morgan fingerprint density at radius 2 is 1.81 bits per heavy atom. The minimum Gasteiger partial charge on any atom is -0.489 e. The molecule has 2 aromatic rings. The molecule has 0 atom stereocenters. The molecule has 26 heavy (non-hydrogen) atoms. The fourth-order valence-electron chi connectivity index (χ4n) is 2.16. The molecule has 2 rings (SSSR count). The van der Waals surface area contributed by atoms with E-state index < -0.39 is 17.6 Å². The Bertz CT molecular complexity index is 774. The van der Waals surface area contributed by atoms with Gasteiger partial charge in [0.1, 0.15) is 25.7 Å². The average molecular weight is 366 g/mol. The first-order valence-corrected chi connectivity index (χ1v) is 7.55. The topological polar surface area (TPSA) is 51.1 Å². The van der Waals surface area contributed by atoms with E-state index in [-0.39, 0.29) is 6.61 Å². The van der Waals surface area contributed by atoms with Gasteiger partial charge in [0.05, 0.1) is 11.3 Å². The summed E-state index contributed by atoms with van der Waals surface area (Å²) in [4.78, 5) is 17.9. The molecule has 0 fully saturated rings. The quantitative estimate of drug-likeness (QED) is 0.576. The van der Waals surface area contributed by atoms with Gasteiger partial charge in [-0.1, -0.05) is 23.4 Å². The number of anilines is 1. The van der Waals surface area contributed by atoms with Gasteiger partial charge in [0.15, 0.2) is 0 Å². The summed E-state index contributed by atoms with van der Waals surface area (Å²) in [6.45, 7) is 0.0839. The minimum atomic E-state index is -4.39. The fraction of sp³-hybridized carbons (Fsp3) is 0.222. The summed E-state index contributed by atoms with van der Waals surface area (Å²) in [5, 5.41) is 3.43. The van der Waals surface area contributed by atoms with Crippen LogP contribution in [0.25, 0.3) is 0 Å². The number of carbonyl (C=O) groups is 1. The Kier molecular flexibility index (Phi) is 6.21. The minimum absolute atomic E-state index is 0.0839. The van der Waals surface area contributed by atoms with E-state index in [1.165, 1.54) is 24.1 Å². The molecule has 0 spiro atoms. The number of alkyl halides is 3. The lowest BCUT2D eigenvalue weighted by atomic mass is 10.1. The SMILES string of the molecule is CON=CC(=O)N(C)c1ccccc1COc1ccc(C(F)(F)F)cc1. The molecule has 0 saturated carbocycles. The fourth-order valence-corrected chi connectivity index (χ4v) is 2.16. The molecule has 0 saturated heterocycles. The number of halogens is 3. The van der Waals surface area contributed by atoms with Crippen LogP contribution in [0.15, 0.2) is 53.7 Å². The number of oxime groups is 1. The summed E-state index contributed by atoms with van der Waals surface area (Å²) in [7, 11) is 2.90. The molecule has 0 aliphatic carbocycles. The highest BCUT2D eigenvalue weighted by molar-refractivity contribution is 6.32. The Hall–Kier alpha value is -3.03. The molecule has 0 unspecified atom stereocenters. The number of hydrogen-bond donors (Lipinski definition) is 0. The van der Waals surface area contributed by atoms with E-state index in [0.29, 0.717) is 17.0 Å². The highest BCUT2D eigenvalue weighted by Gasteiger charge is 2.30. The molecule has 0 aliphatic rings. The molecule has 0 N–H and O–H groups in total. The molecule has 0 aromatic heterocycles. The van der Waals surface area contributed by atoms with Crippen molar-refractivity contribution in [2.75, 3.05) is 19.1 Å². The van der Waals surface area contributed by atoms with Crippen molar-refractivity contribution >= 4 is 17.8 Å². The van der Waals surface area contributed by atoms with Crippen LogP contribution in [-0.4, -0.2) is 26.3 Å². The average Bonchev–Trinajstić information content (AvgIpc) is 2.63. The van der Waals surface area contributed by atoms with Gasteiger partial charge in [-0.15, -0.1) is 0 Å². The molecule has 2 aromatic carbocycles. The first-order valence-electron chi connectivity index (χ1n) is 7.55. The lowest BCUT2D eigenvalue weighted by molar-refractivity contribution is -0.137. The Labute approximate surface area is 148 Å². The van der Waals surface area contributed by atoms with Crippen molar-refractivity contribution in [3.63, 3.8) is 0 Å². The molecule has 8 heteroatoms. The number of hydrogen-bond acceptors (Lipinski definition) is 4. The van der Waals surface area contributed by atoms with Gasteiger partial charge in [0.2, 0.25) is 0 Å². The third-order valence-corrected chi connectivity index (χ3v) is 3.53. The lowest BCUT2D eigenvalue weighted by Gasteiger charge is -2.19. The zero-order valence-electron chi connectivity index (χ0n) is 14.2. The van der Waals surface area contributed by atoms with Crippen LogP contribution < -0.4 is 9.64 Å². The normalized spacial score (nSPS) is 11.4. The second kappa shape index (κ2) is 8.37. The maximum atomic E-state index is 12.6. The van der Waals surface area contributed by atoms with Crippen LogP contribution in [0.1, 0.15) is 11.1 Å². The largest absolute Gasteiger partial charge is 0.489 e. The number of amides is 1. The first kappa shape index (κ1) is 19.3. The van der Waals surface area contributed by atoms with Crippen molar-refractivity contribution in [3.05, 3.63) is 59.7 Å². The van der Waals surface area contributed by atoms with Crippen LogP contribution in [0, 0.1) is 0 Å². The molecule has 0 bridgehead atoms. The zero-order valence-corrected chi connectivity index (χ0v) is 14.2. The van der Waals surface area contributed by atoms with E-state index in [1.54, 1.807) is 31.3 Å². The first-order chi connectivity index (χ1) is 12.3. The van der Waals surface area contributed by atoms with Crippen molar-refractivity contribution < 1.29 is 27.5 Å². The van der Waals surface area contributed by atoms with Crippen LogP contribution in [0.2, 0.25) is 0 Å². The summed E-state index contributed by atoms with van der Waals surface area (Å²) >= 11 is 0. The van der Waals surface area contributed by atoms with Crippen LogP contribution in [0.4, 0.5) is 18.9 Å². The van der Waals surface area contributed by atoms with E-state index in [0.717, 1.165) is 18.3 Å². The number of nitrogens with zero attached hydrogens (tertiary/aromatic N) is 2.